The minimum absolute atomic E-state index is 0.276. The second kappa shape index (κ2) is 8.79. The molecule has 4 aromatic rings. The van der Waals surface area contributed by atoms with E-state index in [1.165, 1.54) is 11.1 Å². The van der Waals surface area contributed by atoms with Gasteiger partial charge in [0.25, 0.3) is 0 Å². The molecule has 2 aromatic carbocycles. The lowest BCUT2D eigenvalue weighted by molar-refractivity contribution is -0.127. The monoisotopic (exact) mass is 445 g/mol. The molecule has 3 heterocycles. The van der Waals surface area contributed by atoms with Crippen molar-refractivity contribution in [2.45, 2.75) is 39.7 Å². The highest BCUT2D eigenvalue weighted by atomic mass is 32.1. The molecule has 2 aromatic heterocycles. The Kier molecular flexibility index (Phi) is 5.70. The standard InChI is InChI=1S/C26H27N3O2S/c1-18-10-11-21(15-19(18)2)27-26-29(14-6-13-28-12-5-9-25(28)30)22(17-32-26)24-16-20-7-3-4-8-23(20)31-24/h3-4,7-8,10-11,15-17H,5-6,9,12-14H2,1-2H3. The maximum atomic E-state index is 12.0. The third kappa shape index (κ3) is 4.15. The van der Waals surface area contributed by atoms with E-state index >= 15 is 0 Å². The zero-order valence-corrected chi connectivity index (χ0v) is 19.3. The Morgan fingerprint density at radius 3 is 2.72 bits per heavy atom. The van der Waals surface area contributed by atoms with Crippen molar-refractivity contribution < 1.29 is 9.21 Å². The second-order valence-electron chi connectivity index (χ2n) is 8.42. The largest absolute Gasteiger partial charge is 0.454 e. The summed E-state index contributed by atoms with van der Waals surface area (Å²) >= 11 is 1.62. The molecule has 0 unspecified atom stereocenters. The number of para-hydroxylation sites is 1. The molecule has 0 aliphatic carbocycles. The third-order valence-corrected chi connectivity index (χ3v) is 7.04. The van der Waals surface area contributed by atoms with Crippen molar-refractivity contribution in [2.24, 2.45) is 4.99 Å². The van der Waals surface area contributed by atoms with E-state index in [0.717, 1.165) is 65.4 Å². The molecule has 5 rings (SSSR count). The van der Waals surface area contributed by atoms with Gasteiger partial charge in [0.05, 0.1) is 11.4 Å². The van der Waals surface area contributed by atoms with Crippen LogP contribution in [0.25, 0.3) is 22.4 Å². The number of fused-ring (bicyclic) bond motifs is 1. The molecule has 1 aliphatic heterocycles. The number of amides is 1. The van der Waals surface area contributed by atoms with Crippen molar-refractivity contribution in [3.63, 3.8) is 0 Å². The molecule has 6 heteroatoms. The molecule has 5 nitrogen and oxygen atoms in total. The molecule has 0 spiro atoms. The Morgan fingerprint density at radius 2 is 1.94 bits per heavy atom. The van der Waals surface area contributed by atoms with Gasteiger partial charge in [-0.2, -0.15) is 0 Å². The quantitative estimate of drug-likeness (QED) is 0.375. The molecule has 164 valence electrons. The van der Waals surface area contributed by atoms with Crippen LogP contribution in [0.3, 0.4) is 0 Å². The summed E-state index contributed by atoms with van der Waals surface area (Å²) in [5, 5.41) is 3.22. The van der Waals surface area contributed by atoms with E-state index in [-0.39, 0.29) is 5.91 Å². The number of rotatable bonds is 6. The molecule has 1 aliphatic rings. The Labute approximate surface area is 191 Å². The van der Waals surface area contributed by atoms with Gasteiger partial charge in [0.2, 0.25) is 5.91 Å². The van der Waals surface area contributed by atoms with Crippen LogP contribution in [0.4, 0.5) is 5.69 Å². The SMILES string of the molecule is Cc1ccc(N=c2scc(-c3cc4ccccc4o3)n2CCCN2CCCC2=O)cc1C. The Hall–Kier alpha value is -3.12. The van der Waals surface area contributed by atoms with E-state index in [4.69, 9.17) is 9.41 Å². The van der Waals surface area contributed by atoms with E-state index < -0.39 is 0 Å². The summed E-state index contributed by atoms with van der Waals surface area (Å²) in [4.78, 5) is 19.9. The van der Waals surface area contributed by atoms with Crippen molar-refractivity contribution >= 4 is 33.9 Å². The van der Waals surface area contributed by atoms with Gasteiger partial charge in [-0.25, -0.2) is 4.99 Å². The Bertz CT molecular complexity index is 1310. The van der Waals surface area contributed by atoms with Crippen molar-refractivity contribution in [1.82, 2.24) is 9.47 Å². The molecule has 0 bridgehead atoms. The minimum atomic E-state index is 0.276. The highest BCUT2D eigenvalue weighted by molar-refractivity contribution is 7.07. The summed E-state index contributed by atoms with van der Waals surface area (Å²) in [6.07, 6.45) is 2.54. The number of thiazole rings is 1. The number of nitrogens with zero attached hydrogens (tertiary/aromatic N) is 3. The summed E-state index contributed by atoms with van der Waals surface area (Å²) in [7, 11) is 0. The van der Waals surface area contributed by atoms with Crippen LogP contribution in [-0.2, 0) is 11.3 Å². The number of likely N-dealkylation sites (tertiary alicyclic amines) is 1. The van der Waals surface area contributed by atoms with Crippen LogP contribution in [0, 0.1) is 13.8 Å². The Morgan fingerprint density at radius 1 is 1.06 bits per heavy atom. The summed E-state index contributed by atoms with van der Waals surface area (Å²) in [6, 6.07) is 16.5. The average Bonchev–Trinajstić information content (AvgIpc) is 3.49. The molecule has 1 amide bonds. The van der Waals surface area contributed by atoms with Gasteiger partial charge in [-0.1, -0.05) is 24.3 Å². The van der Waals surface area contributed by atoms with E-state index in [1.54, 1.807) is 11.3 Å². The van der Waals surface area contributed by atoms with Gasteiger partial charge in [-0.05, 0) is 62.1 Å². The fourth-order valence-corrected chi connectivity index (χ4v) is 5.14. The van der Waals surface area contributed by atoms with E-state index in [1.807, 2.05) is 23.1 Å². The van der Waals surface area contributed by atoms with Gasteiger partial charge in [0.1, 0.15) is 5.58 Å². The molecular formula is C26H27N3O2S. The number of aryl methyl sites for hydroxylation is 2. The summed E-state index contributed by atoms with van der Waals surface area (Å²) in [6.45, 7) is 6.67. The lowest BCUT2D eigenvalue weighted by Crippen LogP contribution is -2.27. The van der Waals surface area contributed by atoms with Crippen molar-refractivity contribution in [3.05, 3.63) is 69.8 Å². The normalized spacial score (nSPS) is 14.8. The highest BCUT2D eigenvalue weighted by Gasteiger charge is 2.20. The van der Waals surface area contributed by atoms with Gasteiger partial charge in [-0.3, -0.25) is 4.79 Å². The zero-order chi connectivity index (χ0) is 22.1. The first-order valence-corrected chi connectivity index (χ1v) is 12.0. The maximum absolute atomic E-state index is 12.0. The molecule has 1 fully saturated rings. The van der Waals surface area contributed by atoms with Crippen molar-refractivity contribution in [1.29, 1.82) is 0 Å². The van der Waals surface area contributed by atoms with Crippen molar-refractivity contribution in [2.75, 3.05) is 13.1 Å². The third-order valence-electron chi connectivity index (χ3n) is 6.17. The average molecular weight is 446 g/mol. The molecule has 1 saturated heterocycles. The molecule has 32 heavy (non-hydrogen) atoms. The van der Waals surface area contributed by atoms with Crippen LogP contribution in [0.1, 0.15) is 30.4 Å². The number of aromatic nitrogens is 1. The van der Waals surface area contributed by atoms with Crippen LogP contribution in [0.15, 0.2) is 63.3 Å². The molecule has 0 atom stereocenters. The predicted molar refractivity (Wildman–Crippen MR) is 129 cm³/mol. The zero-order valence-electron chi connectivity index (χ0n) is 18.5. The number of hydrogen-bond donors (Lipinski definition) is 0. The van der Waals surface area contributed by atoms with Gasteiger partial charge >= 0.3 is 0 Å². The number of carbonyl (C=O) groups is 1. The summed E-state index contributed by atoms with van der Waals surface area (Å²) in [5.74, 6) is 1.12. The van der Waals surface area contributed by atoms with Gasteiger partial charge in [-0.15, -0.1) is 11.3 Å². The van der Waals surface area contributed by atoms with E-state index in [2.05, 4.69) is 54.1 Å². The van der Waals surface area contributed by atoms with Gasteiger partial charge < -0.3 is 13.9 Å². The lowest BCUT2D eigenvalue weighted by Gasteiger charge is -2.16. The molecule has 0 saturated carbocycles. The minimum Gasteiger partial charge on any atom is -0.454 e. The van der Waals surface area contributed by atoms with Crippen LogP contribution < -0.4 is 4.80 Å². The molecule has 0 radical (unpaired) electrons. The highest BCUT2D eigenvalue weighted by Crippen LogP contribution is 2.28. The molecular weight excluding hydrogens is 418 g/mol. The topological polar surface area (TPSA) is 50.7 Å². The van der Waals surface area contributed by atoms with E-state index in [0.29, 0.717) is 6.42 Å². The molecule has 0 N–H and O–H groups in total. The fourth-order valence-electron chi connectivity index (χ4n) is 4.21. The Balaban J connectivity index is 1.51. The first-order chi connectivity index (χ1) is 15.6. The van der Waals surface area contributed by atoms with Crippen molar-refractivity contribution in [3.8, 4) is 11.5 Å². The number of furan rings is 1. The van der Waals surface area contributed by atoms with Crippen LogP contribution >= 0.6 is 11.3 Å². The second-order valence-corrected chi connectivity index (χ2v) is 9.26. The van der Waals surface area contributed by atoms with Crippen LogP contribution in [0.2, 0.25) is 0 Å². The van der Waals surface area contributed by atoms with Crippen LogP contribution in [-0.4, -0.2) is 28.5 Å². The predicted octanol–water partition coefficient (Wildman–Crippen LogP) is 5.82. The van der Waals surface area contributed by atoms with Gasteiger partial charge in [0, 0.05) is 36.8 Å². The number of hydrogen-bond acceptors (Lipinski definition) is 4. The van der Waals surface area contributed by atoms with Crippen LogP contribution in [0.5, 0.6) is 0 Å². The summed E-state index contributed by atoms with van der Waals surface area (Å²) < 4.78 is 8.40. The van der Waals surface area contributed by atoms with E-state index in [9.17, 15) is 4.79 Å². The fraction of sp³-hybridized carbons (Fsp3) is 0.308. The lowest BCUT2D eigenvalue weighted by atomic mass is 10.1. The number of carbonyl (C=O) groups excluding carboxylic acids is 1. The number of benzene rings is 2. The van der Waals surface area contributed by atoms with Gasteiger partial charge in [0.15, 0.2) is 10.6 Å². The first-order valence-electron chi connectivity index (χ1n) is 11.2. The smallest absolute Gasteiger partial charge is 0.222 e. The summed E-state index contributed by atoms with van der Waals surface area (Å²) in [5.41, 5.74) is 5.37. The first kappa shape index (κ1) is 20.8. The maximum Gasteiger partial charge on any atom is 0.222 e.